The molecule has 0 radical (unpaired) electrons. The molecule has 0 saturated heterocycles. The lowest BCUT2D eigenvalue weighted by atomic mass is 10.00. The molecule has 8 heteroatoms. The minimum atomic E-state index is -0.945. The number of carbonyl (C=O) groups excluding carboxylic acids is 3. The molecule has 0 bridgehead atoms. The fourth-order valence-electron chi connectivity index (χ4n) is 2.70. The van der Waals surface area contributed by atoms with Crippen molar-refractivity contribution in [2.45, 2.75) is 32.7 Å². The molecule has 0 aliphatic heterocycles. The lowest BCUT2D eigenvalue weighted by molar-refractivity contribution is -0.146. The number of rotatable bonds is 8. The third kappa shape index (κ3) is 6.39. The van der Waals surface area contributed by atoms with Gasteiger partial charge in [0.25, 0.3) is 0 Å². The Kier molecular flexibility index (Phi) is 7.85. The lowest BCUT2D eigenvalue weighted by Crippen LogP contribution is -2.39. The molecular formula is C21H23FN2O5. The van der Waals surface area contributed by atoms with Crippen molar-refractivity contribution >= 4 is 23.5 Å². The Hall–Kier alpha value is -3.26. The summed E-state index contributed by atoms with van der Waals surface area (Å²) in [4.78, 5) is 40.3. The molecular weight excluding hydrogens is 379 g/mol. The highest BCUT2D eigenvalue weighted by molar-refractivity contribution is 5.89. The maximum Gasteiger partial charge on any atom is 0.356 e. The van der Waals surface area contributed by atoms with E-state index in [0.29, 0.717) is 22.4 Å². The third-order valence-corrected chi connectivity index (χ3v) is 4.26. The first-order valence-electron chi connectivity index (χ1n) is 8.98. The van der Waals surface area contributed by atoms with Crippen molar-refractivity contribution in [3.05, 3.63) is 65.0 Å². The number of methoxy groups -OCH3 is 1. The van der Waals surface area contributed by atoms with Crippen LogP contribution in [0.5, 0.6) is 0 Å². The molecule has 2 aromatic rings. The van der Waals surface area contributed by atoms with Gasteiger partial charge in [-0.15, -0.1) is 5.48 Å². The van der Waals surface area contributed by atoms with Crippen molar-refractivity contribution in [3.8, 4) is 0 Å². The van der Waals surface area contributed by atoms with Crippen LogP contribution in [0.3, 0.4) is 0 Å². The van der Waals surface area contributed by atoms with Gasteiger partial charge in [0, 0.05) is 12.6 Å². The molecule has 2 N–H and O–H groups in total. The smallest absolute Gasteiger partial charge is 0.356 e. The maximum atomic E-state index is 14.2. The molecule has 0 spiro atoms. The summed E-state index contributed by atoms with van der Waals surface area (Å²) in [6.45, 7) is 2.94. The van der Waals surface area contributed by atoms with E-state index in [1.54, 1.807) is 43.3 Å². The van der Waals surface area contributed by atoms with Gasteiger partial charge in [0.1, 0.15) is 11.9 Å². The average Bonchev–Trinajstić information content (AvgIpc) is 2.70. The minimum absolute atomic E-state index is 0.179. The first kappa shape index (κ1) is 22.0. The van der Waals surface area contributed by atoms with Gasteiger partial charge in [-0.2, -0.15) is 0 Å². The number of hydrogen-bond donors (Lipinski definition) is 2. The van der Waals surface area contributed by atoms with Crippen LogP contribution in [-0.4, -0.2) is 31.0 Å². The van der Waals surface area contributed by atoms with E-state index in [0.717, 1.165) is 0 Å². The van der Waals surface area contributed by atoms with Crippen LogP contribution in [-0.2, 0) is 25.6 Å². The molecule has 0 heterocycles. The van der Waals surface area contributed by atoms with Gasteiger partial charge in [-0.25, -0.2) is 9.18 Å². The summed E-state index contributed by atoms with van der Waals surface area (Å²) in [6, 6.07) is 10.2. The van der Waals surface area contributed by atoms with Gasteiger partial charge in [-0.3, -0.25) is 9.59 Å². The van der Waals surface area contributed by atoms with Crippen LogP contribution in [0.2, 0.25) is 0 Å². The predicted octanol–water partition coefficient (Wildman–Crippen LogP) is 2.93. The van der Waals surface area contributed by atoms with Gasteiger partial charge in [0.15, 0.2) is 0 Å². The number of hydrogen-bond acceptors (Lipinski definition) is 6. The summed E-state index contributed by atoms with van der Waals surface area (Å²) in [6.07, 6.45) is 0.463. The SMILES string of the molecule is COC(=O)[C@H](CCc1cc(NC(C)=O)cc(F)c1C)NOC(=O)c1ccccc1. The van der Waals surface area contributed by atoms with Gasteiger partial charge in [0.05, 0.1) is 12.7 Å². The lowest BCUT2D eigenvalue weighted by Gasteiger charge is -2.17. The summed E-state index contributed by atoms with van der Waals surface area (Å²) in [5, 5.41) is 2.54. The van der Waals surface area contributed by atoms with E-state index in [4.69, 9.17) is 9.57 Å². The van der Waals surface area contributed by atoms with Crippen LogP contribution < -0.4 is 10.8 Å². The van der Waals surface area contributed by atoms with Crippen LogP contribution in [0.25, 0.3) is 0 Å². The number of anilines is 1. The van der Waals surface area contributed by atoms with Gasteiger partial charge in [-0.05, 0) is 55.2 Å². The largest absolute Gasteiger partial charge is 0.468 e. The standard InChI is InChI=1S/C21H23FN2O5/c1-13-16(11-17(12-18(13)22)23-14(2)25)9-10-19(21(27)28-3)24-29-20(26)15-7-5-4-6-8-15/h4-8,11-12,19,24H,9-10H2,1-3H3,(H,23,25)/t19-/m0/s1. The zero-order chi connectivity index (χ0) is 21.4. The van der Waals surface area contributed by atoms with Crippen LogP contribution in [0.1, 0.15) is 34.8 Å². The van der Waals surface area contributed by atoms with Crippen molar-refractivity contribution in [3.63, 3.8) is 0 Å². The topological polar surface area (TPSA) is 93.7 Å². The van der Waals surface area contributed by atoms with E-state index in [1.807, 2.05) is 0 Å². The van der Waals surface area contributed by atoms with Crippen molar-refractivity contribution in [2.75, 3.05) is 12.4 Å². The molecule has 0 aromatic heterocycles. The summed E-state index contributed by atoms with van der Waals surface area (Å²) < 4.78 is 18.9. The fourth-order valence-corrected chi connectivity index (χ4v) is 2.70. The minimum Gasteiger partial charge on any atom is -0.468 e. The molecule has 2 rings (SSSR count). The number of carbonyl (C=O) groups is 3. The second-order valence-electron chi connectivity index (χ2n) is 6.41. The summed E-state index contributed by atoms with van der Waals surface area (Å²) in [5.41, 5.74) is 4.10. The number of ether oxygens (including phenoxy) is 1. The Bertz CT molecular complexity index is 886. The zero-order valence-electron chi connectivity index (χ0n) is 16.5. The maximum absolute atomic E-state index is 14.2. The average molecular weight is 402 g/mol. The molecule has 154 valence electrons. The second kappa shape index (κ2) is 10.3. The number of benzene rings is 2. The second-order valence-corrected chi connectivity index (χ2v) is 6.41. The van der Waals surface area contributed by atoms with E-state index in [9.17, 15) is 18.8 Å². The molecule has 2 aromatic carbocycles. The molecule has 0 unspecified atom stereocenters. The molecule has 1 atom stereocenters. The molecule has 0 aliphatic carbocycles. The van der Waals surface area contributed by atoms with Crippen LogP contribution in [0.15, 0.2) is 42.5 Å². The number of nitrogens with one attached hydrogen (secondary N) is 2. The first-order valence-corrected chi connectivity index (χ1v) is 8.98. The zero-order valence-corrected chi connectivity index (χ0v) is 16.5. The van der Waals surface area contributed by atoms with E-state index < -0.39 is 23.8 Å². The van der Waals surface area contributed by atoms with Crippen molar-refractivity contribution in [2.24, 2.45) is 0 Å². The van der Waals surface area contributed by atoms with Crippen molar-refractivity contribution < 1.29 is 28.3 Å². The summed E-state index contributed by atoms with van der Waals surface area (Å²) in [7, 11) is 1.22. The number of halogens is 1. The van der Waals surface area contributed by atoms with Gasteiger partial charge >= 0.3 is 11.9 Å². The molecule has 0 fully saturated rings. The number of hydroxylamine groups is 1. The molecule has 0 aliphatic rings. The van der Waals surface area contributed by atoms with Gasteiger partial charge < -0.3 is 14.9 Å². The normalized spacial score (nSPS) is 11.4. The predicted molar refractivity (Wildman–Crippen MR) is 105 cm³/mol. The Morgan fingerprint density at radius 3 is 2.45 bits per heavy atom. The van der Waals surface area contributed by atoms with Crippen molar-refractivity contribution in [1.29, 1.82) is 0 Å². The molecule has 1 amide bonds. The highest BCUT2D eigenvalue weighted by atomic mass is 19.1. The number of esters is 1. The Balaban J connectivity index is 2.07. The summed E-state index contributed by atoms with van der Waals surface area (Å²) in [5.74, 6) is -2.05. The number of aryl methyl sites for hydroxylation is 1. The monoisotopic (exact) mass is 402 g/mol. The quantitative estimate of drug-likeness (QED) is 0.521. The first-order chi connectivity index (χ1) is 13.8. The van der Waals surface area contributed by atoms with Gasteiger partial charge in [0.2, 0.25) is 5.91 Å². The summed E-state index contributed by atoms with van der Waals surface area (Å²) >= 11 is 0. The highest BCUT2D eigenvalue weighted by Gasteiger charge is 2.22. The van der Waals surface area contributed by atoms with E-state index in [2.05, 4.69) is 10.8 Å². The molecule has 29 heavy (non-hydrogen) atoms. The van der Waals surface area contributed by atoms with Gasteiger partial charge in [-0.1, -0.05) is 18.2 Å². The van der Waals surface area contributed by atoms with E-state index in [1.165, 1.54) is 20.1 Å². The third-order valence-electron chi connectivity index (χ3n) is 4.26. The van der Waals surface area contributed by atoms with E-state index >= 15 is 0 Å². The van der Waals surface area contributed by atoms with E-state index in [-0.39, 0.29) is 18.7 Å². The molecule has 0 saturated carbocycles. The highest BCUT2D eigenvalue weighted by Crippen LogP contribution is 2.21. The van der Waals surface area contributed by atoms with Crippen molar-refractivity contribution in [1.82, 2.24) is 5.48 Å². The molecule has 7 nitrogen and oxygen atoms in total. The number of amides is 1. The van der Waals surface area contributed by atoms with Crippen LogP contribution in [0.4, 0.5) is 10.1 Å². The fraction of sp³-hybridized carbons (Fsp3) is 0.286. The van der Waals surface area contributed by atoms with Crippen LogP contribution >= 0.6 is 0 Å². The Morgan fingerprint density at radius 1 is 1.14 bits per heavy atom. The van der Waals surface area contributed by atoms with Crippen LogP contribution in [0, 0.1) is 12.7 Å². The Morgan fingerprint density at radius 2 is 1.83 bits per heavy atom. The Labute approximate surface area is 168 Å².